The number of nitrogens with zero attached hydrogens (tertiary/aromatic N) is 2. The third-order valence-corrected chi connectivity index (χ3v) is 3.44. The van der Waals surface area contributed by atoms with E-state index in [0.717, 1.165) is 17.6 Å². The van der Waals surface area contributed by atoms with Gasteiger partial charge in [-0.05, 0) is 6.92 Å². The van der Waals surface area contributed by atoms with Crippen LogP contribution in [0.2, 0.25) is 5.02 Å². The van der Waals surface area contributed by atoms with Gasteiger partial charge in [0.25, 0.3) is 0 Å². The van der Waals surface area contributed by atoms with Crippen LogP contribution in [0.4, 0.5) is 0 Å². The summed E-state index contributed by atoms with van der Waals surface area (Å²) in [4.78, 5) is 0. The Morgan fingerprint density at radius 3 is 2.53 bits per heavy atom. The normalized spacial score (nSPS) is 12.0. The maximum atomic E-state index is 10.8. The molecule has 1 aromatic rings. The van der Waals surface area contributed by atoms with Gasteiger partial charge in [-0.15, -0.1) is 0 Å². The van der Waals surface area contributed by atoms with E-state index in [1.165, 1.54) is 0 Å². The summed E-state index contributed by atoms with van der Waals surface area (Å²) in [6.07, 6.45) is 1.13. The molecule has 0 aliphatic carbocycles. The number of sulfonamides is 1. The van der Waals surface area contributed by atoms with Gasteiger partial charge < -0.3 is 5.32 Å². The molecular formula is C9H17ClN4O2S. The van der Waals surface area contributed by atoms with Gasteiger partial charge in [0.2, 0.25) is 10.0 Å². The summed E-state index contributed by atoms with van der Waals surface area (Å²) in [5, 5.41) is 7.93. The van der Waals surface area contributed by atoms with Crippen LogP contribution in [0, 0.1) is 6.92 Å². The Morgan fingerprint density at radius 1 is 1.41 bits per heavy atom. The van der Waals surface area contributed by atoms with Crippen molar-refractivity contribution in [1.29, 1.82) is 0 Å². The van der Waals surface area contributed by atoms with Crippen LogP contribution in [0.15, 0.2) is 0 Å². The topological polar surface area (TPSA) is 76.0 Å². The maximum Gasteiger partial charge on any atom is 0.208 e. The maximum absolute atomic E-state index is 10.8. The number of aromatic nitrogens is 2. The van der Waals surface area contributed by atoms with Crippen LogP contribution in [0.3, 0.4) is 0 Å². The zero-order valence-corrected chi connectivity index (χ0v) is 11.7. The van der Waals surface area contributed by atoms with E-state index in [4.69, 9.17) is 11.6 Å². The van der Waals surface area contributed by atoms with Crippen molar-refractivity contribution in [3.8, 4) is 0 Å². The fraction of sp³-hybridized carbons (Fsp3) is 0.667. The number of hydrogen-bond acceptors (Lipinski definition) is 4. The molecule has 0 aliphatic heterocycles. The Hall–Kier alpha value is -0.630. The predicted molar refractivity (Wildman–Crippen MR) is 67.5 cm³/mol. The minimum atomic E-state index is -3.12. The number of nitrogens with one attached hydrogen (secondary N) is 2. The van der Waals surface area contributed by atoms with Crippen molar-refractivity contribution in [3.63, 3.8) is 0 Å². The minimum Gasteiger partial charge on any atom is -0.310 e. The summed E-state index contributed by atoms with van der Waals surface area (Å²) in [5.74, 6) is 0. The molecule has 1 rings (SSSR count). The second-order valence-corrected chi connectivity index (χ2v) is 6.02. The number of rotatable bonds is 6. The van der Waals surface area contributed by atoms with Crippen molar-refractivity contribution >= 4 is 21.6 Å². The summed E-state index contributed by atoms with van der Waals surface area (Å²) in [6, 6.07) is 0. The summed E-state index contributed by atoms with van der Waals surface area (Å²) < 4.78 is 25.7. The lowest BCUT2D eigenvalue weighted by molar-refractivity contribution is 0.577. The van der Waals surface area contributed by atoms with E-state index in [0.29, 0.717) is 24.7 Å². The van der Waals surface area contributed by atoms with E-state index in [1.54, 1.807) is 4.68 Å². The first-order valence-electron chi connectivity index (χ1n) is 5.14. The highest BCUT2D eigenvalue weighted by Crippen LogP contribution is 2.18. The highest BCUT2D eigenvalue weighted by molar-refractivity contribution is 7.88. The second-order valence-electron chi connectivity index (χ2n) is 3.81. The van der Waals surface area contributed by atoms with E-state index in [2.05, 4.69) is 15.1 Å². The molecule has 0 radical (unpaired) electrons. The molecule has 0 aromatic carbocycles. The fourth-order valence-corrected chi connectivity index (χ4v) is 2.10. The molecule has 0 atom stereocenters. The van der Waals surface area contributed by atoms with Gasteiger partial charge in [0.05, 0.1) is 22.7 Å². The summed E-state index contributed by atoms with van der Waals surface area (Å²) >= 11 is 6.06. The van der Waals surface area contributed by atoms with Crippen molar-refractivity contribution in [3.05, 3.63) is 16.4 Å². The molecule has 6 nitrogen and oxygen atoms in total. The average molecular weight is 281 g/mol. The molecular weight excluding hydrogens is 264 g/mol. The smallest absolute Gasteiger partial charge is 0.208 e. The molecule has 1 aromatic heterocycles. The van der Waals surface area contributed by atoms with Crippen LogP contribution < -0.4 is 10.0 Å². The highest BCUT2D eigenvalue weighted by atomic mass is 35.5. The van der Waals surface area contributed by atoms with Crippen LogP contribution >= 0.6 is 11.6 Å². The molecule has 0 spiro atoms. The zero-order chi connectivity index (χ0) is 13.1. The zero-order valence-electron chi connectivity index (χ0n) is 10.1. The minimum absolute atomic E-state index is 0.354. The van der Waals surface area contributed by atoms with E-state index in [9.17, 15) is 8.42 Å². The van der Waals surface area contributed by atoms with Gasteiger partial charge in [0, 0.05) is 26.7 Å². The Labute approximate surface area is 106 Å². The Balaban J connectivity index is 2.37. The third-order valence-electron chi connectivity index (χ3n) is 2.22. The second kappa shape index (κ2) is 5.81. The first kappa shape index (κ1) is 14.4. The first-order valence-corrected chi connectivity index (χ1v) is 7.41. The predicted octanol–water partition coefficient (Wildman–Crippen LogP) is 0.0207. The van der Waals surface area contributed by atoms with Crippen molar-refractivity contribution in [2.24, 2.45) is 7.05 Å². The molecule has 1 heterocycles. The largest absolute Gasteiger partial charge is 0.310 e. The van der Waals surface area contributed by atoms with E-state index in [1.807, 2.05) is 14.0 Å². The third kappa shape index (κ3) is 4.63. The Kier molecular flexibility index (Phi) is 4.93. The monoisotopic (exact) mass is 280 g/mol. The lowest BCUT2D eigenvalue weighted by Crippen LogP contribution is -2.31. The molecule has 17 heavy (non-hydrogen) atoms. The molecule has 0 unspecified atom stereocenters. The van der Waals surface area contributed by atoms with E-state index < -0.39 is 10.0 Å². The van der Waals surface area contributed by atoms with Crippen molar-refractivity contribution in [1.82, 2.24) is 19.8 Å². The van der Waals surface area contributed by atoms with Crippen molar-refractivity contribution in [2.75, 3.05) is 19.3 Å². The number of hydrogen-bond donors (Lipinski definition) is 2. The standard InChI is InChI=1S/C9H17ClN4O2S/c1-7-9(10)8(14(2)13-7)6-11-4-5-12-17(3,15)16/h11-12H,4-6H2,1-3H3. The van der Waals surface area contributed by atoms with Crippen LogP contribution in [0.25, 0.3) is 0 Å². The van der Waals surface area contributed by atoms with Gasteiger partial charge in [-0.3, -0.25) is 4.68 Å². The molecule has 0 aliphatic rings. The summed E-state index contributed by atoms with van der Waals surface area (Å²) in [5.41, 5.74) is 1.68. The quantitative estimate of drug-likeness (QED) is 0.721. The van der Waals surface area contributed by atoms with Crippen molar-refractivity contribution < 1.29 is 8.42 Å². The van der Waals surface area contributed by atoms with Gasteiger partial charge in [-0.2, -0.15) is 5.10 Å². The molecule has 0 fully saturated rings. The molecule has 98 valence electrons. The van der Waals surface area contributed by atoms with Crippen LogP contribution in [0.1, 0.15) is 11.4 Å². The van der Waals surface area contributed by atoms with Crippen molar-refractivity contribution in [2.45, 2.75) is 13.5 Å². The van der Waals surface area contributed by atoms with Crippen LogP contribution in [-0.4, -0.2) is 37.5 Å². The van der Waals surface area contributed by atoms with Crippen LogP contribution in [-0.2, 0) is 23.6 Å². The lowest BCUT2D eigenvalue weighted by atomic mass is 10.3. The van der Waals surface area contributed by atoms with E-state index >= 15 is 0 Å². The summed E-state index contributed by atoms with van der Waals surface area (Å²) in [6.45, 7) is 3.29. The molecule has 8 heteroatoms. The van der Waals surface area contributed by atoms with Crippen LogP contribution in [0.5, 0.6) is 0 Å². The molecule has 0 amide bonds. The molecule has 0 saturated heterocycles. The lowest BCUT2D eigenvalue weighted by Gasteiger charge is -2.06. The van der Waals surface area contributed by atoms with Gasteiger partial charge in [-0.25, -0.2) is 13.1 Å². The number of halogens is 1. The molecule has 2 N–H and O–H groups in total. The Morgan fingerprint density at radius 2 is 2.06 bits per heavy atom. The van der Waals surface area contributed by atoms with E-state index in [-0.39, 0.29) is 0 Å². The number of aryl methyl sites for hydroxylation is 2. The Bertz CT molecular complexity index is 483. The van der Waals surface area contributed by atoms with Gasteiger partial charge >= 0.3 is 0 Å². The van der Waals surface area contributed by atoms with Gasteiger partial charge in [0.1, 0.15) is 0 Å². The van der Waals surface area contributed by atoms with Gasteiger partial charge in [-0.1, -0.05) is 11.6 Å². The average Bonchev–Trinajstić information content (AvgIpc) is 2.42. The highest BCUT2D eigenvalue weighted by Gasteiger charge is 2.09. The van der Waals surface area contributed by atoms with Gasteiger partial charge in [0.15, 0.2) is 0 Å². The molecule has 0 saturated carbocycles. The SMILES string of the molecule is Cc1nn(C)c(CNCCNS(C)(=O)=O)c1Cl. The fourth-order valence-electron chi connectivity index (χ4n) is 1.40. The molecule has 0 bridgehead atoms. The first-order chi connectivity index (χ1) is 7.81. The summed E-state index contributed by atoms with van der Waals surface area (Å²) in [7, 11) is -1.29.